The van der Waals surface area contributed by atoms with E-state index in [-0.39, 0.29) is 18.3 Å². The lowest BCUT2D eigenvalue weighted by molar-refractivity contribution is -0.135. The maximum absolute atomic E-state index is 13.3. The van der Waals surface area contributed by atoms with Crippen molar-refractivity contribution >= 4 is 29.9 Å². The predicted octanol–water partition coefficient (Wildman–Crippen LogP) is -0.271. The topological polar surface area (TPSA) is 182 Å². The van der Waals surface area contributed by atoms with Gasteiger partial charge in [0.2, 0.25) is 23.6 Å². The summed E-state index contributed by atoms with van der Waals surface area (Å²) < 4.78 is 0. The molecular weight excluding hydrogens is 480 g/mol. The van der Waals surface area contributed by atoms with E-state index >= 15 is 0 Å². The maximum atomic E-state index is 13.3. The Labute approximate surface area is 217 Å². The van der Waals surface area contributed by atoms with E-state index in [1.54, 1.807) is 20.0 Å². The van der Waals surface area contributed by atoms with Crippen molar-refractivity contribution in [2.75, 3.05) is 6.61 Å². The Balaban J connectivity index is 2.14. The van der Waals surface area contributed by atoms with Gasteiger partial charge in [0.25, 0.3) is 0 Å². The number of aldehydes is 1. The minimum absolute atomic E-state index is 0.232. The van der Waals surface area contributed by atoms with Gasteiger partial charge in [-0.3, -0.25) is 19.2 Å². The number of amides is 4. The Hall–Kier alpha value is -3.28. The van der Waals surface area contributed by atoms with Crippen molar-refractivity contribution in [1.82, 2.24) is 31.2 Å². The first kappa shape index (κ1) is 29.9. The van der Waals surface area contributed by atoms with Gasteiger partial charge in [0, 0.05) is 25.2 Å². The number of carbonyl (C=O) groups is 5. The van der Waals surface area contributed by atoms with Crippen LogP contribution in [0.3, 0.4) is 0 Å². The van der Waals surface area contributed by atoms with Crippen LogP contribution in [0.1, 0.15) is 65.0 Å². The van der Waals surface area contributed by atoms with Crippen LogP contribution in [-0.2, 0) is 30.4 Å². The lowest BCUT2D eigenvalue weighted by atomic mass is 9.84. The molecule has 0 aliphatic heterocycles. The number of hydrogen-bond donors (Lipinski definition) is 6. The smallest absolute Gasteiger partial charge is 0.245 e. The molecule has 12 heteroatoms. The summed E-state index contributed by atoms with van der Waals surface area (Å²) in [4.78, 5) is 69.0. The summed E-state index contributed by atoms with van der Waals surface area (Å²) in [5, 5.41) is 19.9. The van der Waals surface area contributed by atoms with Gasteiger partial charge in [-0.1, -0.05) is 46.0 Å². The van der Waals surface area contributed by atoms with E-state index in [0.717, 1.165) is 32.1 Å². The van der Waals surface area contributed by atoms with E-state index in [0.29, 0.717) is 18.4 Å². The van der Waals surface area contributed by atoms with E-state index < -0.39 is 54.4 Å². The number of carbonyl (C=O) groups excluding carboxylic acids is 5. The molecular formula is C25H40N6O6. The second-order valence-corrected chi connectivity index (χ2v) is 10.00. The number of rotatable bonds is 14. The van der Waals surface area contributed by atoms with Crippen molar-refractivity contribution in [3.63, 3.8) is 0 Å². The summed E-state index contributed by atoms with van der Waals surface area (Å²) in [5.41, 5.74) is 0.686. The van der Waals surface area contributed by atoms with Crippen LogP contribution in [0.2, 0.25) is 0 Å². The van der Waals surface area contributed by atoms with E-state index in [2.05, 4.69) is 31.2 Å². The van der Waals surface area contributed by atoms with Crippen molar-refractivity contribution in [2.24, 2.45) is 11.8 Å². The fraction of sp³-hybridized carbons (Fsp3) is 0.680. The van der Waals surface area contributed by atoms with Crippen LogP contribution < -0.4 is 21.3 Å². The summed E-state index contributed by atoms with van der Waals surface area (Å²) in [6, 6.07) is -3.92. The molecule has 1 aliphatic rings. The van der Waals surface area contributed by atoms with Gasteiger partial charge >= 0.3 is 0 Å². The third-order valence-corrected chi connectivity index (χ3v) is 6.54. The van der Waals surface area contributed by atoms with E-state index in [9.17, 15) is 29.1 Å². The van der Waals surface area contributed by atoms with Gasteiger partial charge in [0.1, 0.15) is 24.4 Å². The molecule has 6 N–H and O–H groups in total. The zero-order chi connectivity index (χ0) is 27.4. The Morgan fingerprint density at radius 2 is 1.70 bits per heavy atom. The summed E-state index contributed by atoms with van der Waals surface area (Å²) in [6.07, 6.45) is 9.49. The fourth-order valence-electron chi connectivity index (χ4n) is 4.53. The number of imidazole rings is 1. The zero-order valence-electron chi connectivity index (χ0n) is 21.8. The third-order valence-electron chi connectivity index (χ3n) is 6.54. The largest absolute Gasteiger partial charge is 0.394 e. The Bertz CT molecular complexity index is 899. The van der Waals surface area contributed by atoms with Crippen LogP contribution in [0.5, 0.6) is 0 Å². The molecule has 37 heavy (non-hydrogen) atoms. The molecule has 1 aromatic rings. The first-order valence-corrected chi connectivity index (χ1v) is 12.9. The zero-order valence-corrected chi connectivity index (χ0v) is 21.8. The van der Waals surface area contributed by atoms with Crippen LogP contribution in [-0.4, -0.2) is 75.8 Å². The molecule has 0 spiro atoms. The number of aromatic nitrogens is 2. The van der Waals surface area contributed by atoms with Gasteiger partial charge in [-0.2, -0.15) is 0 Å². The average Bonchev–Trinajstić information content (AvgIpc) is 3.38. The van der Waals surface area contributed by atoms with E-state index in [1.165, 1.54) is 13.3 Å². The van der Waals surface area contributed by atoms with E-state index in [1.807, 2.05) is 0 Å². The van der Waals surface area contributed by atoms with Crippen molar-refractivity contribution < 1.29 is 29.1 Å². The van der Waals surface area contributed by atoms with Gasteiger partial charge in [0.15, 0.2) is 0 Å². The minimum atomic E-state index is -1.20. The summed E-state index contributed by atoms with van der Waals surface area (Å²) >= 11 is 0. The molecule has 1 aliphatic carbocycles. The summed E-state index contributed by atoms with van der Waals surface area (Å²) in [5.74, 6) is -2.34. The summed E-state index contributed by atoms with van der Waals surface area (Å²) in [6.45, 7) is 4.06. The molecule has 0 bridgehead atoms. The molecule has 4 amide bonds. The molecule has 1 saturated carbocycles. The molecule has 0 aromatic carbocycles. The number of H-pyrrole nitrogens is 1. The number of aromatic amines is 1. The number of hydrogen-bond acceptors (Lipinski definition) is 7. The lowest BCUT2D eigenvalue weighted by Gasteiger charge is -2.30. The Morgan fingerprint density at radius 3 is 2.24 bits per heavy atom. The molecule has 0 radical (unpaired) electrons. The van der Waals surface area contributed by atoms with Gasteiger partial charge in [0.05, 0.1) is 19.0 Å². The highest BCUT2D eigenvalue weighted by molar-refractivity contribution is 5.94. The van der Waals surface area contributed by atoms with Crippen molar-refractivity contribution in [3.8, 4) is 0 Å². The maximum Gasteiger partial charge on any atom is 0.245 e. The molecule has 4 atom stereocenters. The molecule has 1 fully saturated rings. The molecule has 1 heterocycles. The molecule has 12 nitrogen and oxygen atoms in total. The van der Waals surface area contributed by atoms with Crippen LogP contribution in [0.4, 0.5) is 0 Å². The molecule has 206 valence electrons. The molecule has 0 saturated heterocycles. The SMILES string of the molecule is CC(=O)N[C@@H](CO)C(=O)N[C@H](C(=O)N[C@@H](CC1CCCCC1)C(=O)N[C@H](C=O)Cc1cnc[nH]1)C(C)C. The van der Waals surface area contributed by atoms with Crippen LogP contribution in [0.25, 0.3) is 0 Å². The lowest BCUT2D eigenvalue weighted by Crippen LogP contribution is -2.59. The predicted molar refractivity (Wildman–Crippen MR) is 135 cm³/mol. The highest BCUT2D eigenvalue weighted by atomic mass is 16.3. The first-order valence-electron chi connectivity index (χ1n) is 12.9. The average molecular weight is 521 g/mol. The van der Waals surface area contributed by atoms with Crippen molar-refractivity contribution in [3.05, 3.63) is 18.2 Å². The molecule has 0 unspecified atom stereocenters. The fourth-order valence-corrected chi connectivity index (χ4v) is 4.53. The standard InChI is InChI=1S/C25H40N6O6/c1-15(2)22(31-24(36)21(13-33)28-16(3)34)25(37)30-20(9-17-7-5-4-6-8-17)23(35)29-19(12-32)10-18-11-26-14-27-18/h11-12,14-15,17,19-22,33H,4-10,13H2,1-3H3,(H,26,27)(H,28,34)(H,29,35)(H,30,37)(H,31,36)/t19-,20-,21-,22-/m0/s1. The van der Waals surface area contributed by atoms with Gasteiger partial charge in [-0.25, -0.2) is 4.98 Å². The normalized spacial score (nSPS) is 17.2. The second kappa shape index (κ2) is 15.1. The first-order chi connectivity index (χ1) is 17.6. The number of aliphatic hydroxyl groups is 1. The van der Waals surface area contributed by atoms with Crippen molar-refractivity contribution in [2.45, 2.75) is 89.9 Å². The van der Waals surface area contributed by atoms with Gasteiger partial charge in [-0.05, 0) is 18.3 Å². The Morgan fingerprint density at radius 1 is 1.03 bits per heavy atom. The highest BCUT2D eigenvalue weighted by Gasteiger charge is 2.33. The minimum Gasteiger partial charge on any atom is -0.394 e. The van der Waals surface area contributed by atoms with Gasteiger partial charge in [-0.15, -0.1) is 0 Å². The molecule has 1 aromatic heterocycles. The van der Waals surface area contributed by atoms with Crippen LogP contribution in [0.15, 0.2) is 12.5 Å². The van der Waals surface area contributed by atoms with Gasteiger partial charge < -0.3 is 36.2 Å². The van der Waals surface area contributed by atoms with Crippen LogP contribution >= 0.6 is 0 Å². The quantitative estimate of drug-likeness (QED) is 0.182. The number of nitrogens with zero attached hydrogens (tertiary/aromatic N) is 1. The number of aliphatic hydroxyl groups excluding tert-OH is 1. The van der Waals surface area contributed by atoms with E-state index in [4.69, 9.17) is 0 Å². The summed E-state index contributed by atoms with van der Waals surface area (Å²) in [7, 11) is 0. The number of nitrogens with one attached hydrogen (secondary N) is 5. The van der Waals surface area contributed by atoms with Crippen LogP contribution in [0, 0.1) is 11.8 Å². The monoisotopic (exact) mass is 520 g/mol. The van der Waals surface area contributed by atoms with Crippen molar-refractivity contribution in [1.29, 1.82) is 0 Å². The highest BCUT2D eigenvalue weighted by Crippen LogP contribution is 2.27. The second-order valence-electron chi connectivity index (χ2n) is 10.00. The third kappa shape index (κ3) is 9.95. The Kier molecular flexibility index (Phi) is 12.2. The molecule has 2 rings (SSSR count).